The zero-order chi connectivity index (χ0) is 20.1. The van der Waals surface area contributed by atoms with Crippen LogP contribution in [0.2, 0.25) is 0 Å². The van der Waals surface area contributed by atoms with Gasteiger partial charge in [-0.2, -0.15) is 0 Å². The molecule has 3 aromatic rings. The third-order valence-corrected chi connectivity index (χ3v) is 4.38. The summed E-state index contributed by atoms with van der Waals surface area (Å²) in [5.41, 5.74) is 4.93. The van der Waals surface area contributed by atoms with Gasteiger partial charge in [0.15, 0.2) is 0 Å². The first-order chi connectivity index (χ1) is 13.3. The molecule has 146 valence electrons. The summed E-state index contributed by atoms with van der Waals surface area (Å²) in [6.45, 7) is 13.2. The molecule has 1 N–H and O–H groups in total. The lowest BCUT2D eigenvalue weighted by molar-refractivity contribution is 0.305. The first-order valence-electron chi connectivity index (χ1n) is 9.49. The average Bonchev–Trinajstić information content (AvgIpc) is 3.09. The molecule has 3 rings (SSSR count). The minimum Gasteiger partial charge on any atom is -0.489 e. The average molecular weight is 377 g/mol. The molecule has 0 radical (unpaired) electrons. The molecule has 0 atom stereocenters. The number of rotatable bonds is 7. The van der Waals surface area contributed by atoms with E-state index in [9.17, 15) is 0 Å². The van der Waals surface area contributed by atoms with Crippen LogP contribution in [-0.4, -0.2) is 5.16 Å². The lowest BCUT2D eigenvalue weighted by atomic mass is 9.91. The van der Waals surface area contributed by atoms with Crippen LogP contribution in [0.3, 0.4) is 0 Å². The maximum atomic E-state index is 5.89. The quantitative estimate of drug-likeness (QED) is 0.531. The van der Waals surface area contributed by atoms with Crippen LogP contribution in [-0.2, 0) is 13.0 Å². The van der Waals surface area contributed by atoms with Crippen LogP contribution in [0.25, 0.3) is 5.70 Å². The van der Waals surface area contributed by atoms with E-state index in [0.717, 1.165) is 29.3 Å². The van der Waals surface area contributed by atoms with E-state index in [0.29, 0.717) is 12.3 Å². The van der Waals surface area contributed by atoms with Crippen LogP contribution in [0.5, 0.6) is 5.75 Å². The Balaban J connectivity index is 1.56. The number of anilines is 1. The molecule has 0 saturated carbocycles. The van der Waals surface area contributed by atoms with Crippen LogP contribution >= 0.6 is 0 Å². The number of hydrogen-bond donors (Lipinski definition) is 1. The molecule has 0 unspecified atom stereocenters. The smallest absolute Gasteiger partial charge is 0.137 e. The molecule has 0 aliphatic rings. The Hall–Kier alpha value is -3.01. The Morgan fingerprint density at radius 2 is 1.82 bits per heavy atom. The Labute approximate surface area is 167 Å². The Morgan fingerprint density at radius 1 is 1.11 bits per heavy atom. The van der Waals surface area contributed by atoms with Crippen molar-refractivity contribution in [2.75, 3.05) is 5.32 Å². The molecule has 0 aliphatic carbocycles. The van der Waals surface area contributed by atoms with Gasteiger partial charge in [-0.05, 0) is 47.7 Å². The van der Waals surface area contributed by atoms with Crippen molar-refractivity contribution < 1.29 is 9.26 Å². The highest BCUT2D eigenvalue weighted by atomic mass is 16.5. The zero-order valence-corrected chi connectivity index (χ0v) is 17.1. The first-order valence-corrected chi connectivity index (χ1v) is 9.49. The number of aryl methyl sites for hydroxylation is 1. The maximum absolute atomic E-state index is 5.89. The lowest BCUT2D eigenvalue weighted by Gasteiger charge is -2.14. The monoisotopic (exact) mass is 376 g/mol. The standard InChI is InChI=1S/C24H28N2O2/c1-17-8-6-7-9-19(17)16-27-21-12-10-20(11-13-21)25-18(2)23-14-22(28-26-23)15-24(3,4)5/h6-14,25H,2,15-16H2,1,3-5H3. The van der Waals surface area contributed by atoms with Gasteiger partial charge in [0.1, 0.15) is 23.8 Å². The third-order valence-electron chi connectivity index (χ3n) is 4.38. The molecule has 2 aromatic carbocycles. The van der Waals surface area contributed by atoms with E-state index < -0.39 is 0 Å². The van der Waals surface area contributed by atoms with Gasteiger partial charge in [0.2, 0.25) is 0 Å². The van der Waals surface area contributed by atoms with E-state index in [1.165, 1.54) is 11.1 Å². The van der Waals surface area contributed by atoms with Crippen LogP contribution in [0.15, 0.2) is 65.7 Å². The van der Waals surface area contributed by atoms with Gasteiger partial charge in [-0.25, -0.2) is 0 Å². The number of nitrogens with zero attached hydrogens (tertiary/aromatic N) is 1. The predicted octanol–water partition coefficient (Wildman–Crippen LogP) is 6.23. The fourth-order valence-corrected chi connectivity index (χ4v) is 2.87. The number of ether oxygens (including phenoxy) is 1. The van der Waals surface area contributed by atoms with Gasteiger partial charge in [0, 0.05) is 18.2 Å². The molecule has 4 nitrogen and oxygen atoms in total. The number of aromatic nitrogens is 1. The molecule has 4 heteroatoms. The number of hydrogen-bond acceptors (Lipinski definition) is 4. The highest BCUT2D eigenvalue weighted by molar-refractivity contribution is 5.73. The first kappa shape index (κ1) is 19.7. The van der Waals surface area contributed by atoms with Crippen molar-refractivity contribution in [3.63, 3.8) is 0 Å². The zero-order valence-electron chi connectivity index (χ0n) is 17.1. The summed E-state index contributed by atoms with van der Waals surface area (Å²) in [4.78, 5) is 0. The van der Waals surface area contributed by atoms with E-state index in [4.69, 9.17) is 9.26 Å². The Bertz CT molecular complexity index is 934. The van der Waals surface area contributed by atoms with E-state index in [2.05, 4.69) is 56.9 Å². The van der Waals surface area contributed by atoms with Crippen LogP contribution in [0, 0.1) is 12.3 Å². The number of benzene rings is 2. The molecule has 0 aliphatic heterocycles. The van der Waals surface area contributed by atoms with Crippen LogP contribution in [0.4, 0.5) is 5.69 Å². The SMILES string of the molecule is C=C(Nc1ccc(OCc2ccccc2C)cc1)c1cc(CC(C)(C)C)on1. The molecular formula is C24H28N2O2. The van der Waals surface area contributed by atoms with Crippen molar-refractivity contribution in [3.05, 3.63) is 83.8 Å². The van der Waals surface area contributed by atoms with Gasteiger partial charge in [-0.3, -0.25) is 0 Å². The van der Waals surface area contributed by atoms with Crippen LogP contribution < -0.4 is 10.1 Å². The summed E-state index contributed by atoms with van der Waals surface area (Å²) >= 11 is 0. The predicted molar refractivity (Wildman–Crippen MR) is 114 cm³/mol. The van der Waals surface area contributed by atoms with Gasteiger partial charge < -0.3 is 14.6 Å². The summed E-state index contributed by atoms with van der Waals surface area (Å²) in [5, 5.41) is 7.40. The molecular weight excluding hydrogens is 348 g/mol. The minimum absolute atomic E-state index is 0.152. The van der Waals surface area contributed by atoms with Gasteiger partial charge >= 0.3 is 0 Å². The molecule has 0 saturated heterocycles. The molecule has 1 heterocycles. The van der Waals surface area contributed by atoms with E-state index in [-0.39, 0.29) is 5.41 Å². The molecule has 1 aromatic heterocycles. The summed E-state index contributed by atoms with van der Waals surface area (Å²) in [6.07, 6.45) is 0.834. The molecule has 28 heavy (non-hydrogen) atoms. The lowest BCUT2D eigenvalue weighted by Crippen LogP contribution is -2.08. The van der Waals surface area contributed by atoms with Crippen molar-refractivity contribution in [2.24, 2.45) is 5.41 Å². The summed E-state index contributed by atoms with van der Waals surface area (Å²) in [7, 11) is 0. The summed E-state index contributed by atoms with van der Waals surface area (Å²) < 4.78 is 11.3. The van der Waals surface area contributed by atoms with Crippen molar-refractivity contribution >= 4 is 11.4 Å². The van der Waals surface area contributed by atoms with Gasteiger partial charge in [-0.15, -0.1) is 0 Å². The largest absolute Gasteiger partial charge is 0.489 e. The fourth-order valence-electron chi connectivity index (χ4n) is 2.87. The highest BCUT2D eigenvalue weighted by Gasteiger charge is 2.16. The molecule has 0 amide bonds. The topological polar surface area (TPSA) is 47.3 Å². The summed E-state index contributed by atoms with van der Waals surface area (Å²) in [5.74, 6) is 1.69. The number of nitrogens with one attached hydrogen (secondary N) is 1. The van der Waals surface area contributed by atoms with E-state index in [1.807, 2.05) is 42.5 Å². The van der Waals surface area contributed by atoms with Crippen molar-refractivity contribution in [1.29, 1.82) is 0 Å². The fraction of sp³-hybridized carbons (Fsp3) is 0.292. The second kappa shape index (κ2) is 8.34. The van der Waals surface area contributed by atoms with Crippen molar-refractivity contribution in [1.82, 2.24) is 5.16 Å². The van der Waals surface area contributed by atoms with Crippen molar-refractivity contribution in [2.45, 2.75) is 40.7 Å². The van der Waals surface area contributed by atoms with E-state index in [1.54, 1.807) is 0 Å². The van der Waals surface area contributed by atoms with Gasteiger partial charge in [0.05, 0.1) is 5.70 Å². The van der Waals surface area contributed by atoms with Gasteiger partial charge in [-0.1, -0.05) is 56.8 Å². The Kier molecular flexibility index (Phi) is 5.88. The van der Waals surface area contributed by atoms with E-state index >= 15 is 0 Å². The summed E-state index contributed by atoms with van der Waals surface area (Å²) in [6, 6.07) is 18.0. The minimum atomic E-state index is 0.152. The second-order valence-electron chi connectivity index (χ2n) is 8.26. The molecule has 0 spiro atoms. The second-order valence-corrected chi connectivity index (χ2v) is 8.26. The van der Waals surface area contributed by atoms with Crippen molar-refractivity contribution in [3.8, 4) is 5.75 Å². The van der Waals surface area contributed by atoms with Crippen LogP contribution in [0.1, 0.15) is 43.4 Å². The Morgan fingerprint density at radius 3 is 2.50 bits per heavy atom. The highest BCUT2D eigenvalue weighted by Crippen LogP contribution is 2.24. The maximum Gasteiger partial charge on any atom is 0.137 e. The van der Waals surface area contributed by atoms with Gasteiger partial charge in [0.25, 0.3) is 0 Å². The normalized spacial score (nSPS) is 11.3. The molecule has 0 fully saturated rings. The molecule has 0 bridgehead atoms. The third kappa shape index (κ3) is 5.49.